The van der Waals surface area contributed by atoms with Gasteiger partial charge < -0.3 is 9.47 Å². The molecule has 0 aliphatic rings. The second-order valence-corrected chi connectivity index (χ2v) is 5.36. The molecule has 6 nitrogen and oxygen atoms in total. The van der Waals surface area contributed by atoms with E-state index in [2.05, 4.69) is 6.58 Å². The third kappa shape index (κ3) is 4.43. The highest BCUT2D eigenvalue weighted by Crippen LogP contribution is 2.42. The van der Waals surface area contributed by atoms with Crippen LogP contribution in [0, 0.1) is 10.1 Å². The molecule has 27 heavy (non-hydrogen) atoms. The number of rotatable bonds is 7. The molecule has 142 valence electrons. The number of alkyl halides is 3. The van der Waals surface area contributed by atoms with E-state index >= 15 is 0 Å². The largest absolute Gasteiger partial charge is 0.493 e. The average molecular weight is 381 g/mol. The van der Waals surface area contributed by atoms with Crippen LogP contribution in [-0.4, -0.2) is 18.3 Å². The third-order valence-electron chi connectivity index (χ3n) is 3.57. The maximum absolute atomic E-state index is 12.8. The van der Waals surface area contributed by atoms with Crippen molar-refractivity contribution in [1.29, 1.82) is 0 Å². The van der Waals surface area contributed by atoms with Crippen molar-refractivity contribution in [3.63, 3.8) is 0 Å². The summed E-state index contributed by atoms with van der Waals surface area (Å²) in [6.07, 6.45) is -2.40. The summed E-state index contributed by atoms with van der Waals surface area (Å²) < 4.78 is 49.2. The van der Waals surface area contributed by atoms with Crippen LogP contribution in [0.2, 0.25) is 0 Å². The Morgan fingerprint density at radius 2 is 1.93 bits per heavy atom. The lowest BCUT2D eigenvalue weighted by Gasteiger charge is -2.16. The number of carbonyl (C=O) groups excluding carboxylic acids is 1. The number of hydrogen-bond donors (Lipinski definition) is 0. The molecule has 0 N–H and O–H groups in total. The zero-order valence-electron chi connectivity index (χ0n) is 14.1. The van der Waals surface area contributed by atoms with Gasteiger partial charge in [-0.05, 0) is 30.7 Å². The van der Waals surface area contributed by atoms with Crippen LogP contribution in [0.3, 0.4) is 0 Å². The predicted molar refractivity (Wildman–Crippen MR) is 90.5 cm³/mol. The number of allylic oxidation sites excluding steroid dienone is 1. The Morgan fingerprint density at radius 1 is 1.22 bits per heavy atom. The molecule has 9 heteroatoms. The van der Waals surface area contributed by atoms with E-state index in [-0.39, 0.29) is 23.5 Å². The SMILES string of the molecule is C=CCc1cc(C=O)cc(OC)c1Oc1ccc(C(F)(F)F)cc1[N+](=O)[O-]. The van der Waals surface area contributed by atoms with Gasteiger partial charge in [-0.25, -0.2) is 0 Å². The van der Waals surface area contributed by atoms with Crippen LogP contribution in [0.25, 0.3) is 0 Å². The topological polar surface area (TPSA) is 78.7 Å². The molecule has 0 amide bonds. The quantitative estimate of drug-likeness (QED) is 0.293. The molecule has 0 unspecified atom stereocenters. The summed E-state index contributed by atoms with van der Waals surface area (Å²) in [5, 5.41) is 11.2. The Balaban J connectivity index is 2.60. The maximum Gasteiger partial charge on any atom is 0.416 e. The summed E-state index contributed by atoms with van der Waals surface area (Å²) in [7, 11) is 1.30. The maximum atomic E-state index is 12.8. The molecule has 0 heterocycles. The van der Waals surface area contributed by atoms with Gasteiger partial charge in [0.25, 0.3) is 0 Å². The minimum Gasteiger partial charge on any atom is -0.493 e. The average Bonchev–Trinajstić information content (AvgIpc) is 2.62. The van der Waals surface area contributed by atoms with Crippen LogP contribution in [0.5, 0.6) is 17.2 Å². The Kier molecular flexibility index (Phi) is 5.84. The number of hydrogen-bond acceptors (Lipinski definition) is 5. The van der Waals surface area contributed by atoms with E-state index in [1.807, 2.05) is 0 Å². The molecular weight excluding hydrogens is 367 g/mol. The third-order valence-corrected chi connectivity index (χ3v) is 3.57. The van der Waals surface area contributed by atoms with E-state index in [9.17, 15) is 28.1 Å². The first-order valence-electron chi connectivity index (χ1n) is 7.51. The van der Waals surface area contributed by atoms with Crippen LogP contribution in [0.1, 0.15) is 21.5 Å². The molecular formula is C18H14F3NO5. The smallest absolute Gasteiger partial charge is 0.416 e. The number of halogens is 3. The lowest BCUT2D eigenvalue weighted by molar-refractivity contribution is -0.385. The fraction of sp³-hybridized carbons (Fsp3) is 0.167. The van der Waals surface area contributed by atoms with E-state index in [1.54, 1.807) is 0 Å². The molecule has 0 bridgehead atoms. The van der Waals surface area contributed by atoms with E-state index < -0.39 is 28.1 Å². The van der Waals surface area contributed by atoms with Crippen molar-refractivity contribution in [3.8, 4) is 17.2 Å². The first kappa shape index (κ1) is 20.0. The van der Waals surface area contributed by atoms with Crippen LogP contribution in [0.4, 0.5) is 18.9 Å². The number of nitro groups is 1. The van der Waals surface area contributed by atoms with Gasteiger partial charge in [0.2, 0.25) is 5.75 Å². The fourth-order valence-electron chi connectivity index (χ4n) is 2.36. The number of benzene rings is 2. The molecule has 0 spiro atoms. The molecule has 0 radical (unpaired) electrons. The molecule has 2 aromatic rings. The van der Waals surface area contributed by atoms with Gasteiger partial charge in [-0.3, -0.25) is 14.9 Å². The molecule has 0 saturated carbocycles. The molecule has 0 aliphatic carbocycles. The lowest BCUT2D eigenvalue weighted by atomic mass is 10.1. The Labute approximate surface area is 152 Å². The summed E-state index contributed by atoms with van der Waals surface area (Å²) in [5.41, 5.74) is -1.31. The zero-order chi connectivity index (χ0) is 20.2. The second kappa shape index (κ2) is 7.90. The van der Waals surface area contributed by atoms with Crippen molar-refractivity contribution >= 4 is 12.0 Å². The Bertz CT molecular complexity index is 893. The normalized spacial score (nSPS) is 11.0. The van der Waals surface area contributed by atoms with Gasteiger partial charge in [0, 0.05) is 17.2 Å². The molecule has 2 rings (SSSR count). The van der Waals surface area contributed by atoms with E-state index in [0.717, 1.165) is 6.07 Å². The Hall–Kier alpha value is -3.36. The monoisotopic (exact) mass is 381 g/mol. The van der Waals surface area contributed by atoms with Gasteiger partial charge >= 0.3 is 11.9 Å². The summed E-state index contributed by atoms with van der Waals surface area (Å²) >= 11 is 0. The highest BCUT2D eigenvalue weighted by Gasteiger charge is 2.33. The first-order chi connectivity index (χ1) is 12.7. The zero-order valence-corrected chi connectivity index (χ0v) is 14.1. The van der Waals surface area contributed by atoms with Gasteiger partial charge in [-0.15, -0.1) is 6.58 Å². The molecule has 0 fully saturated rings. The van der Waals surface area contributed by atoms with Gasteiger partial charge in [0.15, 0.2) is 11.5 Å². The number of nitrogens with zero attached hydrogens (tertiary/aromatic N) is 1. The highest BCUT2D eigenvalue weighted by molar-refractivity contribution is 5.77. The summed E-state index contributed by atoms with van der Waals surface area (Å²) in [5.74, 6) is -0.244. The summed E-state index contributed by atoms with van der Waals surface area (Å²) in [4.78, 5) is 21.3. The van der Waals surface area contributed by atoms with Crippen molar-refractivity contribution in [2.75, 3.05) is 7.11 Å². The van der Waals surface area contributed by atoms with Gasteiger partial charge in [-0.1, -0.05) is 6.08 Å². The fourth-order valence-corrected chi connectivity index (χ4v) is 2.36. The summed E-state index contributed by atoms with van der Waals surface area (Å²) in [6.45, 7) is 3.58. The van der Waals surface area contributed by atoms with Crippen molar-refractivity contribution in [1.82, 2.24) is 0 Å². The highest BCUT2D eigenvalue weighted by atomic mass is 19.4. The van der Waals surface area contributed by atoms with Crippen LogP contribution < -0.4 is 9.47 Å². The molecule has 0 atom stereocenters. The number of aldehydes is 1. The lowest BCUT2D eigenvalue weighted by Crippen LogP contribution is -2.06. The molecule has 0 aromatic heterocycles. The van der Waals surface area contributed by atoms with Crippen LogP contribution in [0.15, 0.2) is 43.0 Å². The second-order valence-electron chi connectivity index (χ2n) is 5.36. The predicted octanol–water partition coefficient (Wildman–Crippen LogP) is 4.96. The van der Waals surface area contributed by atoms with Gasteiger partial charge in [0.1, 0.15) is 6.29 Å². The van der Waals surface area contributed by atoms with Gasteiger partial charge in [0.05, 0.1) is 17.6 Å². The molecule has 2 aromatic carbocycles. The van der Waals surface area contributed by atoms with Gasteiger partial charge in [-0.2, -0.15) is 13.2 Å². The van der Waals surface area contributed by atoms with Crippen LogP contribution >= 0.6 is 0 Å². The van der Waals surface area contributed by atoms with Crippen LogP contribution in [-0.2, 0) is 12.6 Å². The standard InChI is InChI=1S/C18H14F3NO5/c1-3-4-12-7-11(10-23)8-16(26-2)17(12)27-15-6-5-13(18(19,20)21)9-14(15)22(24)25/h3,5-10H,1,4H2,2H3. The van der Waals surface area contributed by atoms with Crippen molar-refractivity contribution < 1.29 is 32.4 Å². The van der Waals surface area contributed by atoms with Crippen molar-refractivity contribution in [3.05, 3.63) is 69.8 Å². The molecule has 0 saturated heterocycles. The summed E-state index contributed by atoms with van der Waals surface area (Å²) in [6, 6.07) is 4.77. The minimum absolute atomic E-state index is 0.0471. The number of carbonyl (C=O) groups is 1. The van der Waals surface area contributed by atoms with Crippen molar-refractivity contribution in [2.24, 2.45) is 0 Å². The number of ether oxygens (including phenoxy) is 2. The van der Waals surface area contributed by atoms with E-state index in [1.165, 1.54) is 25.3 Å². The molecule has 0 aliphatic heterocycles. The van der Waals surface area contributed by atoms with Crippen molar-refractivity contribution in [2.45, 2.75) is 12.6 Å². The van der Waals surface area contributed by atoms with E-state index in [0.29, 0.717) is 24.0 Å². The first-order valence-corrected chi connectivity index (χ1v) is 7.51. The van der Waals surface area contributed by atoms with E-state index in [4.69, 9.17) is 9.47 Å². The number of methoxy groups -OCH3 is 1. The minimum atomic E-state index is -4.74. The Morgan fingerprint density at radius 3 is 2.44 bits per heavy atom. The number of nitro benzene ring substituents is 1.